The van der Waals surface area contributed by atoms with Gasteiger partial charge >= 0.3 is 22.8 Å². The quantitative estimate of drug-likeness (QED) is 0.0896. The second-order valence-corrected chi connectivity index (χ2v) is 19.6. The van der Waals surface area contributed by atoms with Crippen LogP contribution in [0.25, 0.3) is 0 Å². The summed E-state index contributed by atoms with van der Waals surface area (Å²) in [5, 5.41) is 1.55. The Bertz CT molecular complexity index is 2530. The number of hydrogen-bond acceptors (Lipinski definition) is 12. The second kappa shape index (κ2) is 32.8. The van der Waals surface area contributed by atoms with Gasteiger partial charge in [0.2, 0.25) is 0 Å². The van der Waals surface area contributed by atoms with Crippen molar-refractivity contribution in [3.05, 3.63) is 273 Å². The molecule has 0 N–H and O–H groups in total. The summed E-state index contributed by atoms with van der Waals surface area (Å²) in [4.78, 5) is 22.5. The van der Waals surface area contributed by atoms with E-state index in [2.05, 4.69) is 20.4 Å². The van der Waals surface area contributed by atoms with Gasteiger partial charge in [0.15, 0.2) is 0 Å². The predicted octanol–water partition coefficient (Wildman–Crippen LogP) is 12.8. The van der Waals surface area contributed by atoms with E-state index in [-0.39, 0.29) is 17.4 Å². The molecule has 0 bridgehead atoms. The molecule has 12 nitrogen and oxygen atoms in total. The fraction of sp³-hybridized carbons (Fsp3) is 0. The standard InChI is InChI=1S/3C18H15O3P.3CO.Cr/c3*19-22(18-14-8-3-9-15-18,20-16-10-4-1-5-11-16)21-17-12-6-2-7-13-17;3*1-2;/h3*1-15H;;;;. The third-order valence-electron chi connectivity index (χ3n) is 9.03. The van der Waals surface area contributed by atoms with Crippen molar-refractivity contribution >= 4 is 59.1 Å². The largest absolute Gasteiger partial charge is 0.462 e. The van der Waals surface area contributed by atoms with E-state index in [4.69, 9.17) is 41.5 Å². The molecule has 16 heteroatoms. The van der Waals surface area contributed by atoms with Crippen molar-refractivity contribution < 1.29 is 72.6 Å². The molecule has 0 aliphatic rings. The molecule has 0 aromatic heterocycles. The maximum atomic E-state index is 13.3. The molecule has 0 fully saturated rings. The molecule has 0 saturated heterocycles. The van der Waals surface area contributed by atoms with Crippen molar-refractivity contribution in [3.63, 3.8) is 0 Å². The molecule has 9 aromatic carbocycles. The van der Waals surface area contributed by atoms with E-state index in [1.54, 1.807) is 109 Å². The topological polar surface area (TPSA) is 158 Å². The maximum Gasteiger partial charge on any atom is 0.462 e. The number of para-hydroxylation sites is 6. The molecule has 73 heavy (non-hydrogen) atoms. The third kappa shape index (κ3) is 19.6. The van der Waals surface area contributed by atoms with Gasteiger partial charge in [0.05, 0.1) is 15.9 Å². The van der Waals surface area contributed by atoms with Gasteiger partial charge in [0, 0.05) is 17.4 Å². The minimum Gasteiger partial charge on any atom is -0.413 e. The van der Waals surface area contributed by atoms with Crippen molar-refractivity contribution in [1.82, 2.24) is 0 Å². The Morgan fingerprint density at radius 2 is 0.315 bits per heavy atom. The molecule has 6 radical (unpaired) electrons. The number of rotatable bonds is 15. The van der Waals surface area contributed by atoms with E-state index < -0.39 is 22.8 Å². The zero-order valence-corrected chi connectivity index (χ0v) is 42.6. The van der Waals surface area contributed by atoms with Crippen LogP contribution in [0, 0.1) is 0 Å². The molecule has 0 aliphatic carbocycles. The average Bonchev–Trinajstić information content (AvgIpc) is 3.45. The molecular weight excluding hydrogens is 1020 g/mol. The minimum atomic E-state index is -3.52. The third-order valence-corrected chi connectivity index (χ3v) is 14.5. The van der Waals surface area contributed by atoms with Gasteiger partial charge in [-0.05, 0) is 109 Å². The summed E-state index contributed by atoms with van der Waals surface area (Å²) in [5.74, 6) is 3.03. The van der Waals surface area contributed by atoms with Gasteiger partial charge in [0.25, 0.3) is 20.4 Å². The summed E-state index contributed by atoms with van der Waals surface area (Å²) in [6.07, 6.45) is 0. The van der Waals surface area contributed by atoms with E-state index in [1.807, 2.05) is 164 Å². The Morgan fingerprint density at radius 3 is 0.438 bits per heavy atom. The van der Waals surface area contributed by atoms with Gasteiger partial charge in [0.1, 0.15) is 34.5 Å². The number of hydrogen-bond donors (Lipinski definition) is 0. The Balaban J connectivity index is 0.000000273. The second-order valence-electron chi connectivity index (χ2n) is 13.9. The zero-order chi connectivity index (χ0) is 51.8. The molecule has 0 saturated carbocycles. The van der Waals surface area contributed by atoms with Gasteiger partial charge in [-0.2, -0.15) is 0 Å². The van der Waals surface area contributed by atoms with Crippen LogP contribution in [0.15, 0.2) is 273 Å². The Kier molecular flexibility index (Phi) is 26.7. The van der Waals surface area contributed by atoms with Crippen molar-refractivity contribution in [2.24, 2.45) is 0 Å². The normalized spacial score (nSPS) is 10.0. The average molecular weight is 1070 g/mol. The van der Waals surface area contributed by atoms with E-state index >= 15 is 0 Å². The summed E-state index contributed by atoms with van der Waals surface area (Å²) in [6, 6.07) is 81.1. The fourth-order valence-electron chi connectivity index (χ4n) is 5.92. The van der Waals surface area contributed by atoms with E-state index in [0.29, 0.717) is 50.4 Å². The van der Waals surface area contributed by atoms with E-state index in [0.717, 1.165) is 0 Å². The van der Waals surface area contributed by atoms with Crippen LogP contribution in [0.3, 0.4) is 0 Å². The van der Waals surface area contributed by atoms with Crippen LogP contribution in [0.2, 0.25) is 0 Å². The van der Waals surface area contributed by atoms with Crippen LogP contribution < -0.4 is 43.1 Å². The summed E-state index contributed by atoms with van der Waals surface area (Å²) in [5.41, 5.74) is 0. The van der Waals surface area contributed by atoms with Crippen molar-refractivity contribution in [2.45, 2.75) is 0 Å². The zero-order valence-electron chi connectivity index (χ0n) is 38.6. The monoisotopic (exact) mass is 1070 g/mol. The van der Waals surface area contributed by atoms with Crippen LogP contribution >= 0.6 is 22.8 Å². The summed E-state index contributed by atoms with van der Waals surface area (Å²) < 4.78 is 74.3. The van der Waals surface area contributed by atoms with E-state index in [1.165, 1.54) is 0 Å². The number of benzene rings is 9. The summed E-state index contributed by atoms with van der Waals surface area (Å²) in [6.45, 7) is 13.5. The molecule has 0 unspecified atom stereocenters. The van der Waals surface area contributed by atoms with Crippen molar-refractivity contribution in [1.29, 1.82) is 0 Å². The SMILES string of the molecule is O=P(Oc1ccccc1)(Oc1ccccc1)c1ccccc1.O=P(Oc1ccccc1)(Oc1ccccc1)c1ccccc1.O=P(Oc1ccccc1)(Oc1ccccc1)c1ccccc1.[C]=O.[C]=O.[C]=O.[Cr]. The van der Waals surface area contributed by atoms with Gasteiger partial charge in [-0.15, -0.1) is 0 Å². The molecule has 0 spiro atoms. The fourth-order valence-corrected chi connectivity index (χ4v) is 10.7. The summed E-state index contributed by atoms with van der Waals surface area (Å²) >= 11 is 0. The smallest absolute Gasteiger partial charge is 0.413 e. The van der Waals surface area contributed by atoms with Gasteiger partial charge in [-0.25, -0.2) is 13.7 Å². The predicted molar refractivity (Wildman–Crippen MR) is 281 cm³/mol. The summed E-state index contributed by atoms with van der Waals surface area (Å²) in [7, 11) is -10.5. The molecule has 9 rings (SSSR count). The first-order valence-electron chi connectivity index (χ1n) is 21.3. The first-order chi connectivity index (χ1) is 35.3. The molecule has 9 aromatic rings. The molecule has 366 valence electrons. The number of carbonyl (C=O) groups excluding carboxylic acids is 3. The van der Waals surface area contributed by atoms with Crippen LogP contribution in [-0.2, 0) is 45.4 Å². The minimum absolute atomic E-state index is 0. The molecule has 0 amide bonds. The van der Waals surface area contributed by atoms with E-state index in [9.17, 15) is 13.7 Å². The molecule has 0 aliphatic heterocycles. The van der Waals surface area contributed by atoms with Crippen molar-refractivity contribution in [3.8, 4) is 34.5 Å². The van der Waals surface area contributed by atoms with Crippen LogP contribution in [0.1, 0.15) is 0 Å². The Morgan fingerprint density at radius 1 is 0.205 bits per heavy atom. The molecule has 0 atom stereocenters. The first kappa shape index (κ1) is 59.3. The maximum absolute atomic E-state index is 13.3. The van der Waals surface area contributed by atoms with Crippen LogP contribution in [-0.4, -0.2) is 20.4 Å². The van der Waals surface area contributed by atoms with Gasteiger partial charge in [-0.1, -0.05) is 164 Å². The molecular formula is C57H45CrO12P3. The molecule has 0 heterocycles. The van der Waals surface area contributed by atoms with Crippen LogP contribution in [0.5, 0.6) is 34.5 Å². The Hall–Kier alpha value is -7.99. The van der Waals surface area contributed by atoms with Crippen LogP contribution in [0.4, 0.5) is 0 Å². The first-order valence-corrected chi connectivity index (χ1v) is 26.0. The van der Waals surface area contributed by atoms with Crippen molar-refractivity contribution in [2.75, 3.05) is 0 Å². The van der Waals surface area contributed by atoms with Gasteiger partial charge in [-0.3, -0.25) is 14.4 Å². The Labute approximate surface area is 436 Å². The van der Waals surface area contributed by atoms with Gasteiger partial charge < -0.3 is 27.1 Å².